The van der Waals surface area contributed by atoms with Crippen LogP contribution in [0.5, 0.6) is 0 Å². The van der Waals surface area contributed by atoms with Gasteiger partial charge < -0.3 is 0 Å². The van der Waals surface area contributed by atoms with Crippen molar-refractivity contribution in [2.24, 2.45) is 0 Å². The van der Waals surface area contributed by atoms with Gasteiger partial charge in [0, 0.05) is 0 Å². The van der Waals surface area contributed by atoms with Gasteiger partial charge in [-0.1, -0.05) is 115 Å². The van der Waals surface area contributed by atoms with Crippen molar-refractivity contribution in [3.05, 3.63) is 121 Å². The van der Waals surface area contributed by atoms with Crippen LogP contribution in [0.2, 0.25) is 0 Å². The Morgan fingerprint density at radius 1 is 0.429 bits per heavy atom. The first-order chi connectivity index (χ1) is 13.9. The van der Waals surface area contributed by atoms with E-state index in [0.29, 0.717) is 0 Å². The molecule has 0 unspecified atom stereocenters. The molecular formula is C28H19. The van der Waals surface area contributed by atoms with Gasteiger partial charge in [-0.3, -0.25) is 0 Å². The number of benzene rings is 5. The van der Waals surface area contributed by atoms with Gasteiger partial charge in [0.25, 0.3) is 0 Å². The van der Waals surface area contributed by atoms with Gasteiger partial charge in [0.2, 0.25) is 0 Å². The van der Waals surface area contributed by atoms with Gasteiger partial charge in [-0.15, -0.1) is 0 Å². The van der Waals surface area contributed by atoms with Crippen molar-refractivity contribution >= 4 is 10.8 Å². The Bertz CT molecular complexity index is 1220. The van der Waals surface area contributed by atoms with E-state index in [-0.39, 0.29) is 0 Å². The molecule has 5 rings (SSSR count). The summed E-state index contributed by atoms with van der Waals surface area (Å²) in [7, 11) is 0. The van der Waals surface area contributed by atoms with Gasteiger partial charge in [-0.05, 0) is 50.2 Å². The molecule has 0 heterocycles. The van der Waals surface area contributed by atoms with Crippen LogP contribution in [0.1, 0.15) is 0 Å². The zero-order valence-electron chi connectivity index (χ0n) is 15.5. The van der Waals surface area contributed by atoms with Crippen LogP contribution in [0.15, 0.2) is 115 Å². The fourth-order valence-electron chi connectivity index (χ4n) is 3.93. The SMILES string of the molecule is [c]1ccccc1-c1ccc2c(-c3ccccc3)cccc2c1-c1ccccc1. The lowest BCUT2D eigenvalue weighted by Crippen LogP contribution is -1.90. The van der Waals surface area contributed by atoms with Crippen molar-refractivity contribution in [3.63, 3.8) is 0 Å². The summed E-state index contributed by atoms with van der Waals surface area (Å²) in [6.45, 7) is 0. The largest absolute Gasteiger partial charge is 0.0622 e. The summed E-state index contributed by atoms with van der Waals surface area (Å²) in [5, 5.41) is 2.54. The van der Waals surface area contributed by atoms with E-state index in [1.165, 1.54) is 38.6 Å². The van der Waals surface area contributed by atoms with E-state index in [1.807, 2.05) is 12.1 Å². The van der Waals surface area contributed by atoms with Crippen LogP contribution >= 0.6 is 0 Å². The smallest absolute Gasteiger partial charge is 0.00264 e. The Morgan fingerprint density at radius 3 is 1.86 bits per heavy atom. The molecule has 0 atom stereocenters. The van der Waals surface area contributed by atoms with Gasteiger partial charge in [-0.2, -0.15) is 0 Å². The first-order valence-electron chi connectivity index (χ1n) is 9.55. The fourth-order valence-corrected chi connectivity index (χ4v) is 3.93. The van der Waals surface area contributed by atoms with Gasteiger partial charge in [0.15, 0.2) is 0 Å². The summed E-state index contributed by atoms with van der Waals surface area (Å²) < 4.78 is 0. The van der Waals surface area contributed by atoms with E-state index in [4.69, 9.17) is 0 Å². The Labute approximate surface area is 165 Å². The monoisotopic (exact) mass is 355 g/mol. The van der Waals surface area contributed by atoms with Crippen LogP contribution in [-0.4, -0.2) is 0 Å². The second-order valence-corrected chi connectivity index (χ2v) is 6.90. The average molecular weight is 355 g/mol. The minimum Gasteiger partial charge on any atom is -0.0622 e. The molecule has 1 radical (unpaired) electrons. The highest BCUT2D eigenvalue weighted by Crippen LogP contribution is 2.40. The Hall–Kier alpha value is -3.64. The van der Waals surface area contributed by atoms with Crippen LogP contribution in [0.25, 0.3) is 44.2 Å². The highest BCUT2D eigenvalue weighted by Gasteiger charge is 2.14. The third-order valence-corrected chi connectivity index (χ3v) is 5.21. The van der Waals surface area contributed by atoms with Crippen molar-refractivity contribution in [1.82, 2.24) is 0 Å². The summed E-state index contributed by atoms with van der Waals surface area (Å²) >= 11 is 0. The van der Waals surface area contributed by atoms with E-state index in [0.717, 1.165) is 5.56 Å². The van der Waals surface area contributed by atoms with Gasteiger partial charge in [0.1, 0.15) is 0 Å². The Kier molecular flexibility index (Phi) is 4.23. The minimum atomic E-state index is 1.12. The lowest BCUT2D eigenvalue weighted by atomic mass is 9.87. The molecule has 0 nitrogen and oxygen atoms in total. The number of hydrogen-bond acceptors (Lipinski definition) is 0. The van der Waals surface area contributed by atoms with E-state index in [1.54, 1.807) is 0 Å². The van der Waals surface area contributed by atoms with Crippen LogP contribution in [0, 0.1) is 6.07 Å². The maximum atomic E-state index is 3.41. The molecule has 0 saturated heterocycles. The van der Waals surface area contributed by atoms with Crippen LogP contribution in [0.4, 0.5) is 0 Å². The number of fused-ring (bicyclic) bond motifs is 1. The van der Waals surface area contributed by atoms with Gasteiger partial charge in [-0.25, -0.2) is 0 Å². The zero-order valence-corrected chi connectivity index (χ0v) is 15.5. The van der Waals surface area contributed by atoms with E-state index in [9.17, 15) is 0 Å². The molecular weight excluding hydrogens is 336 g/mol. The predicted octanol–water partition coefficient (Wildman–Crippen LogP) is 7.64. The summed E-state index contributed by atoms with van der Waals surface area (Å²) in [6, 6.07) is 44.0. The van der Waals surface area contributed by atoms with Crippen LogP contribution in [0.3, 0.4) is 0 Å². The van der Waals surface area contributed by atoms with Crippen molar-refractivity contribution in [2.45, 2.75) is 0 Å². The lowest BCUT2D eigenvalue weighted by molar-refractivity contribution is 1.59. The van der Waals surface area contributed by atoms with E-state index < -0.39 is 0 Å². The highest BCUT2D eigenvalue weighted by molar-refractivity contribution is 6.09. The molecule has 0 heteroatoms. The Balaban J connectivity index is 1.86. The maximum absolute atomic E-state index is 3.41. The molecule has 0 amide bonds. The molecule has 0 aliphatic carbocycles. The van der Waals surface area contributed by atoms with Crippen LogP contribution < -0.4 is 0 Å². The quantitative estimate of drug-likeness (QED) is 0.312. The molecule has 0 N–H and O–H groups in total. The fraction of sp³-hybridized carbons (Fsp3) is 0. The molecule has 0 spiro atoms. The van der Waals surface area contributed by atoms with Crippen LogP contribution in [-0.2, 0) is 0 Å². The molecule has 0 saturated carbocycles. The standard InChI is InChI=1S/C28H19/c1-4-11-21(12-5-1)24-17-10-18-27-26(24)20-19-25(22-13-6-2-7-14-22)28(27)23-15-8-3-9-16-23/h1-13,15-20H. The van der Waals surface area contributed by atoms with E-state index >= 15 is 0 Å². The molecule has 131 valence electrons. The maximum Gasteiger partial charge on any atom is -0.00264 e. The topological polar surface area (TPSA) is 0 Å². The zero-order chi connectivity index (χ0) is 18.8. The summed E-state index contributed by atoms with van der Waals surface area (Å²) in [6.07, 6.45) is 0. The summed E-state index contributed by atoms with van der Waals surface area (Å²) in [4.78, 5) is 0. The molecule has 0 aliphatic rings. The second-order valence-electron chi connectivity index (χ2n) is 6.90. The molecule has 0 bridgehead atoms. The van der Waals surface area contributed by atoms with Crippen molar-refractivity contribution in [2.75, 3.05) is 0 Å². The average Bonchev–Trinajstić information content (AvgIpc) is 2.79. The molecule has 5 aromatic carbocycles. The Morgan fingerprint density at radius 2 is 1.14 bits per heavy atom. The van der Waals surface area contributed by atoms with Crippen molar-refractivity contribution in [1.29, 1.82) is 0 Å². The molecule has 0 fully saturated rings. The van der Waals surface area contributed by atoms with Gasteiger partial charge >= 0.3 is 0 Å². The summed E-state index contributed by atoms with van der Waals surface area (Å²) in [5.74, 6) is 0. The first-order valence-corrected chi connectivity index (χ1v) is 9.55. The second kappa shape index (κ2) is 7.17. The number of hydrogen-bond donors (Lipinski definition) is 0. The highest BCUT2D eigenvalue weighted by atomic mass is 14.2. The van der Waals surface area contributed by atoms with Crippen molar-refractivity contribution in [3.8, 4) is 33.4 Å². The molecule has 0 aliphatic heterocycles. The normalized spacial score (nSPS) is 10.9. The third-order valence-electron chi connectivity index (χ3n) is 5.21. The van der Waals surface area contributed by atoms with Crippen molar-refractivity contribution < 1.29 is 0 Å². The van der Waals surface area contributed by atoms with E-state index in [2.05, 4.69) is 109 Å². The molecule has 5 aromatic rings. The third kappa shape index (κ3) is 2.90. The predicted molar refractivity (Wildman–Crippen MR) is 119 cm³/mol. The molecule has 0 aromatic heterocycles. The first kappa shape index (κ1) is 16.5. The van der Waals surface area contributed by atoms with Gasteiger partial charge in [0.05, 0.1) is 0 Å². The minimum absolute atomic E-state index is 1.12. The molecule has 28 heavy (non-hydrogen) atoms. The lowest BCUT2D eigenvalue weighted by Gasteiger charge is -2.16. The number of rotatable bonds is 3. The summed E-state index contributed by atoms with van der Waals surface area (Å²) in [5.41, 5.74) is 7.33.